The average molecular weight is 348 g/mol. The first kappa shape index (κ1) is 12.6. The zero-order valence-electron chi connectivity index (χ0n) is 10.8. The lowest BCUT2D eigenvalue weighted by molar-refractivity contribution is 0.470. The summed E-state index contributed by atoms with van der Waals surface area (Å²) in [6, 6.07) is 7.10. The summed E-state index contributed by atoms with van der Waals surface area (Å²) in [7, 11) is 0. The molecule has 106 valence electrons. The Hall–Kier alpha value is -2.08. The fourth-order valence-electron chi connectivity index (χ4n) is 2.69. The molecule has 0 spiro atoms. The number of aromatic hydroxyl groups is 1. The summed E-state index contributed by atoms with van der Waals surface area (Å²) in [5, 5.41) is 10.9. The van der Waals surface area contributed by atoms with Gasteiger partial charge in [0.05, 0.1) is 5.52 Å². The molecule has 4 rings (SSSR count). The van der Waals surface area contributed by atoms with Crippen LogP contribution < -0.4 is 11.2 Å². The number of fused-ring (bicyclic) bond motifs is 3. The van der Waals surface area contributed by atoms with Crippen LogP contribution in [0.4, 0.5) is 0 Å². The van der Waals surface area contributed by atoms with Gasteiger partial charge in [0.2, 0.25) is 0 Å². The highest BCUT2D eigenvalue weighted by Gasteiger charge is 2.30. The molecule has 5 nitrogen and oxygen atoms in total. The molecule has 0 aliphatic heterocycles. The molecule has 0 unspecified atom stereocenters. The molecule has 1 aliphatic carbocycles. The van der Waals surface area contributed by atoms with Gasteiger partial charge >= 0.3 is 5.63 Å². The van der Waals surface area contributed by atoms with E-state index in [1.807, 2.05) is 6.07 Å². The van der Waals surface area contributed by atoms with E-state index in [1.165, 1.54) is 0 Å². The molecular weight excluding hydrogens is 338 g/mol. The van der Waals surface area contributed by atoms with Crippen molar-refractivity contribution in [2.24, 2.45) is 0 Å². The molecular formula is C15H10BrNO4. The molecule has 6 heteroatoms. The molecule has 1 aromatic carbocycles. The zero-order valence-corrected chi connectivity index (χ0v) is 12.4. The van der Waals surface area contributed by atoms with Crippen LogP contribution in [0.1, 0.15) is 18.9 Å². The SMILES string of the molecule is O=c1oc2ccccc2c2c1c(O)c(Br)c(=O)n2C1CC1. The number of aromatic nitrogens is 1. The third-order valence-corrected chi connectivity index (χ3v) is 4.50. The van der Waals surface area contributed by atoms with Crippen molar-refractivity contribution < 1.29 is 9.52 Å². The fourth-order valence-corrected chi connectivity index (χ4v) is 3.08. The van der Waals surface area contributed by atoms with Crippen LogP contribution in [0.15, 0.2) is 42.7 Å². The van der Waals surface area contributed by atoms with Gasteiger partial charge in [-0.15, -0.1) is 0 Å². The van der Waals surface area contributed by atoms with E-state index in [-0.39, 0.29) is 27.2 Å². The standard InChI is InChI=1S/C15H10BrNO4/c16-11-13(18)10-12(17(14(11)19)7-5-6-7)8-3-1-2-4-9(8)21-15(10)20/h1-4,7,18H,5-6H2. The first-order valence-electron chi connectivity index (χ1n) is 6.58. The molecule has 2 aromatic heterocycles. The van der Waals surface area contributed by atoms with E-state index in [2.05, 4.69) is 15.9 Å². The maximum absolute atomic E-state index is 12.5. The molecule has 21 heavy (non-hydrogen) atoms. The molecule has 0 atom stereocenters. The molecule has 0 bridgehead atoms. The fraction of sp³-hybridized carbons (Fsp3) is 0.200. The van der Waals surface area contributed by atoms with Crippen LogP contribution in [-0.4, -0.2) is 9.67 Å². The van der Waals surface area contributed by atoms with Gasteiger partial charge in [-0.3, -0.25) is 4.79 Å². The van der Waals surface area contributed by atoms with Crippen LogP contribution >= 0.6 is 15.9 Å². The third kappa shape index (κ3) is 1.68. The number of hydrogen-bond acceptors (Lipinski definition) is 4. The van der Waals surface area contributed by atoms with E-state index in [4.69, 9.17) is 4.42 Å². The minimum Gasteiger partial charge on any atom is -0.506 e. The van der Waals surface area contributed by atoms with Gasteiger partial charge in [0.25, 0.3) is 5.56 Å². The van der Waals surface area contributed by atoms with Gasteiger partial charge < -0.3 is 14.1 Å². The van der Waals surface area contributed by atoms with Gasteiger partial charge in [-0.1, -0.05) is 12.1 Å². The highest BCUT2D eigenvalue weighted by Crippen LogP contribution is 2.40. The Kier molecular flexibility index (Phi) is 2.53. The Balaban J connectivity index is 2.40. The lowest BCUT2D eigenvalue weighted by Crippen LogP contribution is -2.22. The van der Waals surface area contributed by atoms with Crippen LogP contribution in [0.5, 0.6) is 5.75 Å². The Morgan fingerprint density at radius 2 is 1.95 bits per heavy atom. The second-order valence-electron chi connectivity index (χ2n) is 5.18. The van der Waals surface area contributed by atoms with Gasteiger partial charge in [-0.25, -0.2) is 4.79 Å². The Morgan fingerprint density at radius 1 is 1.24 bits per heavy atom. The van der Waals surface area contributed by atoms with Crippen molar-refractivity contribution in [1.29, 1.82) is 0 Å². The number of pyridine rings is 1. The second kappa shape index (κ2) is 4.21. The summed E-state index contributed by atoms with van der Waals surface area (Å²) >= 11 is 3.08. The Bertz CT molecular complexity index is 1010. The monoisotopic (exact) mass is 347 g/mol. The maximum atomic E-state index is 12.5. The summed E-state index contributed by atoms with van der Waals surface area (Å²) in [5.41, 5.74) is -0.102. The highest BCUT2D eigenvalue weighted by atomic mass is 79.9. The second-order valence-corrected chi connectivity index (χ2v) is 5.97. The maximum Gasteiger partial charge on any atom is 0.349 e. The molecule has 1 N–H and O–H groups in total. The van der Waals surface area contributed by atoms with Crippen LogP contribution in [-0.2, 0) is 0 Å². The Labute approximate surface area is 126 Å². The molecule has 0 amide bonds. The van der Waals surface area contributed by atoms with E-state index in [0.717, 1.165) is 12.8 Å². The smallest absolute Gasteiger partial charge is 0.349 e. The number of benzene rings is 1. The van der Waals surface area contributed by atoms with Crippen molar-refractivity contribution >= 4 is 37.8 Å². The van der Waals surface area contributed by atoms with Crippen LogP contribution in [0.3, 0.4) is 0 Å². The Morgan fingerprint density at radius 3 is 2.67 bits per heavy atom. The number of halogens is 1. The van der Waals surface area contributed by atoms with Crippen molar-refractivity contribution in [2.75, 3.05) is 0 Å². The number of rotatable bonds is 1. The first-order chi connectivity index (χ1) is 10.1. The molecule has 2 heterocycles. The molecule has 3 aromatic rings. The van der Waals surface area contributed by atoms with E-state index in [0.29, 0.717) is 16.5 Å². The number of hydrogen-bond donors (Lipinski definition) is 1. The van der Waals surface area contributed by atoms with Crippen LogP contribution in [0, 0.1) is 0 Å². The van der Waals surface area contributed by atoms with Gasteiger partial charge in [0, 0.05) is 11.4 Å². The van der Waals surface area contributed by atoms with Crippen LogP contribution in [0.2, 0.25) is 0 Å². The molecule has 1 fully saturated rings. The van der Waals surface area contributed by atoms with E-state index in [1.54, 1.807) is 22.8 Å². The molecule has 1 saturated carbocycles. The normalized spacial score (nSPS) is 14.9. The average Bonchev–Trinajstić information content (AvgIpc) is 3.29. The number of para-hydroxylation sites is 1. The molecule has 0 radical (unpaired) electrons. The lowest BCUT2D eigenvalue weighted by atomic mass is 10.1. The van der Waals surface area contributed by atoms with Crippen molar-refractivity contribution in [3.8, 4) is 5.75 Å². The highest BCUT2D eigenvalue weighted by molar-refractivity contribution is 9.10. The van der Waals surface area contributed by atoms with Crippen molar-refractivity contribution in [3.63, 3.8) is 0 Å². The van der Waals surface area contributed by atoms with Crippen LogP contribution in [0.25, 0.3) is 21.9 Å². The lowest BCUT2D eigenvalue weighted by Gasteiger charge is -2.13. The quantitative estimate of drug-likeness (QED) is 0.542. The van der Waals surface area contributed by atoms with Gasteiger partial charge in [-0.05, 0) is 40.9 Å². The topological polar surface area (TPSA) is 72.4 Å². The van der Waals surface area contributed by atoms with Gasteiger partial charge in [-0.2, -0.15) is 0 Å². The predicted molar refractivity (Wildman–Crippen MR) is 81.9 cm³/mol. The van der Waals surface area contributed by atoms with E-state index >= 15 is 0 Å². The van der Waals surface area contributed by atoms with Crippen molar-refractivity contribution in [2.45, 2.75) is 18.9 Å². The minimum atomic E-state index is -0.642. The first-order valence-corrected chi connectivity index (χ1v) is 7.37. The van der Waals surface area contributed by atoms with Gasteiger partial charge in [0.1, 0.15) is 15.4 Å². The summed E-state index contributed by atoms with van der Waals surface area (Å²) < 4.78 is 6.85. The minimum absolute atomic E-state index is 0.00415. The van der Waals surface area contributed by atoms with Gasteiger partial charge in [0.15, 0.2) is 5.75 Å². The van der Waals surface area contributed by atoms with E-state index in [9.17, 15) is 14.7 Å². The molecule has 0 saturated heterocycles. The summed E-state index contributed by atoms with van der Waals surface area (Å²) in [5.74, 6) is -0.355. The predicted octanol–water partition coefficient (Wildman–Crippen LogP) is 2.91. The number of nitrogens with zero attached hydrogens (tertiary/aromatic N) is 1. The summed E-state index contributed by atoms with van der Waals surface area (Å²) in [6.07, 6.45) is 1.78. The zero-order chi connectivity index (χ0) is 14.7. The van der Waals surface area contributed by atoms with E-state index < -0.39 is 5.63 Å². The summed E-state index contributed by atoms with van der Waals surface area (Å²) in [4.78, 5) is 24.7. The van der Waals surface area contributed by atoms with Crippen molar-refractivity contribution in [1.82, 2.24) is 4.57 Å². The van der Waals surface area contributed by atoms with Crippen molar-refractivity contribution in [3.05, 3.63) is 49.5 Å². The third-order valence-electron chi connectivity index (χ3n) is 3.79. The molecule has 1 aliphatic rings. The largest absolute Gasteiger partial charge is 0.506 e. The summed E-state index contributed by atoms with van der Waals surface area (Å²) in [6.45, 7) is 0.